The molecule has 166 valence electrons. The summed E-state index contributed by atoms with van der Waals surface area (Å²) >= 11 is 0. The number of aryl methyl sites for hydroxylation is 2. The van der Waals surface area contributed by atoms with Gasteiger partial charge >= 0.3 is 5.63 Å². The molecule has 1 amide bonds. The van der Waals surface area contributed by atoms with E-state index in [-0.39, 0.29) is 36.3 Å². The van der Waals surface area contributed by atoms with E-state index in [4.69, 9.17) is 4.42 Å². The van der Waals surface area contributed by atoms with Gasteiger partial charge in [-0.25, -0.2) is 9.78 Å². The summed E-state index contributed by atoms with van der Waals surface area (Å²) in [7, 11) is 1.80. The fraction of sp³-hybridized carbons (Fsp3) is 0.318. The topological polar surface area (TPSA) is 89.2 Å². The molecule has 2 aromatic heterocycles. The summed E-state index contributed by atoms with van der Waals surface area (Å²) in [5, 5.41) is 6.16. The van der Waals surface area contributed by atoms with Crippen molar-refractivity contribution in [2.75, 3.05) is 18.4 Å². The molecule has 31 heavy (non-hydrogen) atoms. The first-order valence-electron chi connectivity index (χ1n) is 9.78. The smallest absolute Gasteiger partial charge is 0.349 e. The van der Waals surface area contributed by atoms with E-state index in [0.717, 1.165) is 31.5 Å². The molecule has 4 rings (SSSR count). The molecule has 7 nitrogen and oxygen atoms in total. The van der Waals surface area contributed by atoms with Gasteiger partial charge in [0.2, 0.25) is 0 Å². The lowest BCUT2D eigenvalue weighted by Gasteiger charge is -2.22. The van der Waals surface area contributed by atoms with E-state index in [9.17, 15) is 9.59 Å². The third-order valence-electron chi connectivity index (χ3n) is 5.31. The van der Waals surface area contributed by atoms with Gasteiger partial charge in [-0.3, -0.25) is 4.79 Å². The Hall–Kier alpha value is -2.61. The number of amides is 1. The Kier molecular flexibility index (Phi) is 8.44. The minimum atomic E-state index is -0.605. The van der Waals surface area contributed by atoms with Gasteiger partial charge in [0.15, 0.2) is 0 Å². The van der Waals surface area contributed by atoms with Crippen molar-refractivity contribution in [3.8, 4) is 11.3 Å². The number of piperidine rings is 1. The molecule has 2 N–H and O–H groups in total. The van der Waals surface area contributed by atoms with E-state index < -0.39 is 11.5 Å². The van der Waals surface area contributed by atoms with Gasteiger partial charge in [0.25, 0.3) is 5.91 Å². The lowest BCUT2D eigenvalue weighted by atomic mass is 9.95. The van der Waals surface area contributed by atoms with Crippen LogP contribution in [0.4, 0.5) is 5.82 Å². The number of halogens is 2. The van der Waals surface area contributed by atoms with E-state index in [1.54, 1.807) is 24.9 Å². The molecule has 1 fully saturated rings. The van der Waals surface area contributed by atoms with Gasteiger partial charge in [-0.1, -0.05) is 30.3 Å². The van der Waals surface area contributed by atoms with Gasteiger partial charge in [0, 0.05) is 25.1 Å². The lowest BCUT2D eigenvalue weighted by Crippen LogP contribution is -2.30. The molecule has 0 spiro atoms. The molecule has 1 atom stereocenters. The van der Waals surface area contributed by atoms with Gasteiger partial charge < -0.3 is 19.6 Å². The van der Waals surface area contributed by atoms with Crippen molar-refractivity contribution in [3.63, 3.8) is 0 Å². The zero-order chi connectivity index (χ0) is 20.4. The quantitative estimate of drug-likeness (QED) is 0.610. The normalized spacial score (nSPS) is 15.5. The molecule has 1 unspecified atom stereocenters. The van der Waals surface area contributed by atoms with Gasteiger partial charge in [-0.2, -0.15) is 0 Å². The van der Waals surface area contributed by atoms with Crippen LogP contribution in [0.1, 0.15) is 40.4 Å². The number of carbonyl (C=O) groups excluding carboxylic acids is 1. The lowest BCUT2D eigenvalue weighted by molar-refractivity contribution is 0.102. The Labute approximate surface area is 193 Å². The summed E-state index contributed by atoms with van der Waals surface area (Å²) in [5.74, 6) is 0.835. The first-order chi connectivity index (χ1) is 14.0. The van der Waals surface area contributed by atoms with Crippen molar-refractivity contribution in [2.24, 2.45) is 7.05 Å². The first kappa shape index (κ1) is 24.7. The van der Waals surface area contributed by atoms with Crippen LogP contribution in [-0.2, 0) is 7.05 Å². The van der Waals surface area contributed by atoms with Crippen LogP contribution in [0.2, 0.25) is 0 Å². The van der Waals surface area contributed by atoms with Crippen molar-refractivity contribution in [1.29, 1.82) is 0 Å². The van der Waals surface area contributed by atoms with Crippen LogP contribution in [0.3, 0.4) is 0 Å². The summed E-state index contributed by atoms with van der Waals surface area (Å²) in [5.41, 5.74) is 1.56. The molecule has 0 bridgehead atoms. The number of hydrogen-bond donors (Lipinski definition) is 2. The number of carbonyl (C=O) groups is 1. The summed E-state index contributed by atoms with van der Waals surface area (Å²) in [6.07, 6.45) is 3.64. The molecule has 1 saturated heterocycles. The Morgan fingerprint density at radius 2 is 2.00 bits per heavy atom. The number of hydrogen-bond acceptors (Lipinski definition) is 5. The number of rotatable bonds is 4. The summed E-state index contributed by atoms with van der Waals surface area (Å²) in [6.45, 7) is 3.53. The summed E-state index contributed by atoms with van der Waals surface area (Å²) in [4.78, 5) is 30.0. The highest BCUT2D eigenvalue weighted by Crippen LogP contribution is 2.27. The summed E-state index contributed by atoms with van der Waals surface area (Å²) in [6, 6.07) is 11.4. The second-order valence-electron chi connectivity index (χ2n) is 7.41. The van der Waals surface area contributed by atoms with E-state index in [0.29, 0.717) is 22.8 Å². The van der Waals surface area contributed by atoms with Crippen LogP contribution in [0, 0.1) is 6.92 Å². The predicted molar refractivity (Wildman–Crippen MR) is 126 cm³/mol. The summed E-state index contributed by atoms with van der Waals surface area (Å²) < 4.78 is 7.26. The first-order valence-corrected chi connectivity index (χ1v) is 9.78. The monoisotopic (exact) mass is 464 g/mol. The van der Waals surface area contributed by atoms with Crippen LogP contribution < -0.4 is 16.3 Å². The molecule has 0 radical (unpaired) electrons. The minimum absolute atomic E-state index is 0. The highest BCUT2D eigenvalue weighted by atomic mass is 35.5. The second-order valence-corrected chi connectivity index (χ2v) is 7.41. The average Bonchev–Trinajstić information content (AvgIpc) is 3.09. The van der Waals surface area contributed by atoms with Crippen molar-refractivity contribution in [1.82, 2.24) is 14.9 Å². The molecule has 3 aromatic rings. The third kappa shape index (κ3) is 5.18. The van der Waals surface area contributed by atoms with Gasteiger partial charge in [-0.05, 0) is 37.9 Å². The van der Waals surface area contributed by atoms with Crippen molar-refractivity contribution >= 4 is 36.5 Å². The number of nitrogens with zero attached hydrogens (tertiary/aromatic N) is 2. The van der Waals surface area contributed by atoms with E-state index in [2.05, 4.69) is 15.6 Å². The SMILES string of the molecule is Cc1cc(C2CCCNC2)oc(=O)c1C(=O)Nc1c(-c2ccccc2)ncn1C.Cl.Cl. The van der Waals surface area contributed by atoms with Crippen LogP contribution >= 0.6 is 24.8 Å². The molecular formula is C22H26Cl2N4O3. The predicted octanol–water partition coefficient (Wildman–Crippen LogP) is 3.91. The minimum Gasteiger partial charge on any atom is -0.427 e. The molecule has 9 heteroatoms. The fourth-order valence-corrected chi connectivity index (χ4v) is 3.76. The molecule has 1 aliphatic rings. The van der Waals surface area contributed by atoms with Crippen molar-refractivity contribution in [3.05, 3.63) is 70.0 Å². The molecule has 1 aromatic carbocycles. The standard InChI is InChI=1S/C22H24N4O3.2ClH/c1-14-11-17(16-9-6-10-23-12-16)29-22(28)18(14)21(27)25-20-19(24-13-26(20)2)15-7-4-3-5-8-15;;/h3-5,7-8,11,13,16,23H,6,9-10,12H2,1-2H3,(H,25,27);2*1H. The molecule has 1 aliphatic heterocycles. The Bertz CT molecular complexity index is 1090. The van der Waals surface area contributed by atoms with Crippen molar-refractivity contribution < 1.29 is 9.21 Å². The second kappa shape index (κ2) is 10.6. The Morgan fingerprint density at radius 1 is 1.26 bits per heavy atom. The highest BCUT2D eigenvalue weighted by molar-refractivity contribution is 6.06. The molecular weight excluding hydrogens is 439 g/mol. The van der Waals surface area contributed by atoms with Crippen LogP contribution in [0.5, 0.6) is 0 Å². The highest BCUT2D eigenvalue weighted by Gasteiger charge is 2.24. The Balaban J connectivity index is 0.00000171. The zero-order valence-corrected chi connectivity index (χ0v) is 19.0. The number of aromatic nitrogens is 2. The van der Waals surface area contributed by atoms with Crippen LogP contribution in [0.15, 0.2) is 51.9 Å². The van der Waals surface area contributed by atoms with E-state index in [1.807, 2.05) is 36.4 Å². The van der Waals surface area contributed by atoms with E-state index in [1.165, 1.54) is 0 Å². The van der Waals surface area contributed by atoms with Crippen LogP contribution in [0.25, 0.3) is 11.3 Å². The van der Waals surface area contributed by atoms with Gasteiger partial charge in [0.05, 0.1) is 6.33 Å². The number of benzene rings is 1. The number of anilines is 1. The van der Waals surface area contributed by atoms with Crippen LogP contribution in [-0.4, -0.2) is 28.5 Å². The maximum Gasteiger partial charge on any atom is 0.349 e. The number of nitrogens with one attached hydrogen (secondary N) is 2. The van der Waals surface area contributed by atoms with E-state index >= 15 is 0 Å². The largest absolute Gasteiger partial charge is 0.427 e. The van der Waals surface area contributed by atoms with Crippen molar-refractivity contribution in [2.45, 2.75) is 25.7 Å². The Morgan fingerprint density at radius 3 is 2.65 bits per heavy atom. The third-order valence-corrected chi connectivity index (χ3v) is 5.31. The zero-order valence-electron chi connectivity index (χ0n) is 17.4. The molecule has 3 heterocycles. The van der Waals surface area contributed by atoms with Gasteiger partial charge in [-0.15, -0.1) is 24.8 Å². The number of imidazole rings is 1. The maximum absolute atomic E-state index is 13.0. The molecule has 0 aliphatic carbocycles. The fourth-order valence-electron chi connectivity index (χ4n) is 3.76. The maximum atomic E-state index is 13.0. The van der Waals surface area contributed by atoms with Gasteiger partial charge in [0.1, 0.15) is 22.8 Å². The average molecular weight is 465 g/mol. The molecule has 0 saturated carbocycles.